The molecule has 1 atom stereocenters. The summed E-state index contributed by atoms with van der Waals surface area (Å²) in [6.07, 6.45) is 3.38. The van der Waals surface area contributed by atoms with Gasteiger partial charge in [0.25, 0.3) is 0 Å². The Morgan fingerprint density at radius 3 is 2.64 bits per heavy atom. The number of pyridine rings is 1. The van der Waals surface area contributed by atoms with Crippen molar-refractivity contribution in [2.45, 2.75) is 32.4 Å². The lowest BCUT2D eigenvalue weighted by atomic mass is 10.1. The monoisotopic (exact) mass is 301 g/mol. The molecule has 3 aliphatic heterocycles. The van der Waals surface area contributed by atoms with Crippen LogP contribution in [0.4, 0.5) is 17.2 Å². The summed E-state index contributed by atoms with van der Waals surface area (Å²) >= 11 is 0. The number of rotatable bonds is 2. The van der Waals surface area contributed by atoms with E-state index in [1.165, 1.54) is 36.7 Å². The van der Waals surface area contributed by atoms with Crippen molar-refractivity contribution in [2.75, 3.05) is 61.0 Å². The third kappa shape index (κ3) is 2.22. The van der Waals surface area contributed by atoms with Gasteiger partial charge in [0.05, 0.1) is 23.6 Å². The Labute approximate surface area is 133 Å². The van der Waals surface area contributed by atoms with E-state index in [1.54, 1.807) is 0 Å². The lowest BCUT2D eigenvalue weighted by Gasteiger charge is -2.49. The summed E-state index contributed by atoms with van der Waals surface area (Å²) in [6.45, 7) is 11.5. The minimum absolute atomic E-state index is 0.566. The zero-order valence-corrected chi connectivity index (χ0v) is 14.0. The molecule has 0 amide bonds. The standard InChI is InChI=1S/C17H27N5/c1-13(2)21-7-8-22-15(12-21)11-19(3)16-9-14(10-18-17(16)22)20-5-4-6-20/h9-10,13,15H,4-8,11-12H2,1-3H3/t15-/m1/s1. The van der Waals surface area contributed by atoms with Crippen LogP contribution in [0.25, 0.3) is 0 Å². The summed E-state index contributed by atoms with van der Waals surface area (Å²) in [7, 11) is 2.21. The molecule has 0 bridgehead atoms. The maximum atomic E-state index is 4.85. The third-order valence-corrected chi connectivity index (χ3v) is 5.47. The summed E-state index contributed by atoms with van der Waals surface area (Å²) < 4.78 is 0. The van der Waals surface area contributed by atoms with Crippen LogP contribution in [0.15, 0.2) is 12.3 Å². The maximum absolute atomic E-state index is 4.85. The molecule has 0 aromatic carbocycles. The van der Waals surface area contributed by atoms with Crippen LogP contribution in [-0.2, 0) is 0 Å². The van der Waals surface area contributed by atoms with Crippen LogP contribution < -0.4 is 14.7 Å². The van der Waals surface area contributed by atoms with Crippen LogP contribution in [0.5, 0.6) is 0 Å². The lowest BCUT2D eigenvalue weighted by Crippen LogP contribution is -2.60. The number of fused-ring (bicyclic) bond motifs is 3. The molecule has 1 aromatic rings. The van der Waals surface area contributed by atoms with Crippen molar-refractivity contribution >= 4 is 17.2 Å². The molecular formula is C17H27N5. The quantitative estimate of drug-likeness (QED) is 0.827. The highest BCUT2D eigenvalue weighted by Gasteiger charge is 2.35. The van der Waals surface area contributed by atoms with Crippen molar-refractivity contribution in [2.24, 2.45) is 0 Å². The molecule has 2 fully saturated rings. The van der Waals surface area contributed by atoms with E-state index in [0.717, 1.165) is 26.2 Å². The number of anilines is 3. The first-order chi connectivity index (χ1) is 10.6. The second-order valence-electron chi connectivity index (χ2n) is 7.19. The number of hydrogen-bond acceptors (Lipinski definition) is 5. The van der Waals surface area contributed by atoms with E-state index in [-0.39, 0.29) is 0 Å². The fourth-order valence-electron chi connectivity index (χ4n) is 3.88. The molecule has 0 unspecified atom stereocenters. The van der Waals surface area contributed by atoms with Gasteiger partial charge in [-0.05, 0) is 26.3 Å². The van der Waals surface area contributed by atoms with E-state index in [2.05, 4.69) is 52.8 Å². The molecule has 5 nitrogen and oxygen atoms in total. The second kappa shape index (κ2) is 5.30. The summed E-state index contributed by atoms with van der Waals surface area (Å²) in [5.74, 6) is 1.19. The largest absolute Gasteiger partial charge is 0.370 e. The fourth-order valence-corrected chi connectivity index (χ4v) is 3.88. The number of piperazine rings is 1. The average molecular weight is 301 g/mol. The SMILES string of the molecule is CC(C)N1CCN2c3ncc(N4CCC4)cc3N(C)C[C@@H]2C1. The minimum Gasteiger partial charge on any atom is -0.370 e. The van der Waals surface area contributed by atoms with Crippen LogP contribution in [0.2, 0.25) is 0 Å². The maximum Gasteiger partial charge on any atom is 0.152 e. The van der Waals surface area contributed by atoms with Crippen molar-refractivity contribution in [1.82, 2.24) is 9.88 Å². The van der Waals surface area contributed by atoms with Crippen molar-refractivity contribution in [1.29, 1.82) is 0 Å². The molecule has 3 aliphatic rings. The molecule has 0 radical (unpaired) electrons. The average Bonchev–Trinajstić information content (AvgIpc) is 2.45. The fraction of sp³-hybridized carbons (Fsp3) is 0.706. The van der Waals surface area contributed by atoms with Gasteiger partial charge in [-0.25, -0.2) is 4.98 Å². The van der Waals surface area contributed by atoms with Crippen LogP contribution in [0, 0.1) is 0 Å². The van der Waals surface area contributed by atoms with Gasteiger partial charge in [0.1, 0.15) is 0 Å². The smallest absolute Gasteiger partial charge is 0.152 e. The van der Waals surface area contributed by atoms with Gasteiger partial charge >= 0.3 is 0 Å². The Morgan fingerprint density at radius 1 is 1.14 bits per heavy atom. The zero-order chi connectivity index (χ0) is 15.3. The van der Waals surface area contributed by atoms with Crippen LogP contribution in [-0.4, -0.2) is 68.3 Å². The number of hydrogen-bond donors (Lipinski definition) is 0. The normalized spacial score (nSPS) is 25.1. The molecule has 120 valence electrons. The van der Waals surface area contributed by atoms with E-state index in [4.69, 9.17) is 4.98 Å². The van der Waals surface area contributed by atoms with Crippen LogP contribution in [0.3, 0.4) is 0 Å². The number of nitrogens with zero attached hydrogens (tertiary/aromatic N) is 5. The Morgan fingerprint density at radius 2 is 1.95 bits per heavy atom. The van der Waals surface area contributed by atoms with E-state index in [1.807, 2.05) is 0 Å². The zero-order valence-electron chi connectivity index (χ0n) is 14.0. The minimum atomic E-state index is 0.566. The van der Waals surface area contributed by atoms with Crippen LogP contribution >= 0.6 is 0 Å². The molecule has 22 heavy (non-hydrogen) atoms. The molecule has 1 aromatic heterocycles. The topological polar surface area (TPSA) is 25.9 Å². The van der Waals surface area contributed by atoms with Gasteiger partial charge in [-0.2, -0.15) is 0 Å². The van der Waals surface area contributed by atoms with Gasteiger partial charge in [0, 0.05) is 52.4 Å². The Balaban J connectivity index is 1.61. The highest BCUT2D eigenvalue weighted by atomic mass is 15.4. The first-order valence-electron chi connectivity index (χ1n) is 8.60. The number of aromatic nitrogens is 1. The highest BCUT2D eigenvalue weighted by Crippen LogP contribution is 2.37. The Hall–Kier alpha value is -1.49. The summed E-state index contributed by atoms with van der Waals surface area (Å²) in [6, 6.07) is 3.54. The molecule has 4 heterocycles. The van der Waals surface area contributed by atoms with Gasteiger partial charge in [0.2, 0.25) is 0 Å². The van der Waals surface area contributed by atoms with Crippen molar-refractivity contribution in [3.63, 3.8) is 0 Å². The van der Waals surface area contributed by atoms with Gasteiger partial charge in [-0.1, -0.05) is 0 Å². The first kappa shape index (κ1) is 14.1. The molecule has 0 saturated carbocycles. The number of likely N-dealkylation sites (N-methyl/N-ethyl adjacent to an activating group) is 1. The summed E-state index contributed by atoms with van der Waals surface area (Å²) in [5.41, 5.74) is 2.59. The Kier molecular flexibility index (Phi) is 3.40. The van der Waals surface area contributed by atoms with Crippen molar-refractivity contribution in [3.05, 3.63) is 12.3 Å². The second-order valence-corrected chi connectivity index (χ2v) is 7.19. The van der Waals surface area contributed by atoms with E-state index in [9.17, 15) is 0 Å². The first-order valence-corrected chi connectivity index (χ1v) is 8.60. The van der Waals surface area contributed by atoms with Gasteiger partial charge in [-0.3, -0.25) is 4.90 Å². The highest BCUT2D eigenvalue weighted by molar-refractivity contribution is 5.74. The van der Waals surface area contributed by atoms with E-state index < -0.39 is 0 Å². The predicted molar refractivity (Wildman–Crippen MR) is 92.2 cm³/mol. The molecule has 0 N–H and O–H groups in total. The molecule has 0 aliphatic carbocycles. The molecule has 2 saturated heterocycles. The van der Waals surface area contributed by atoms with Crippen molar-refractivity contribution in [3.8, 4) is 0 Å². The molecule has 0 spiro atoms. The van der Waals surface area contributed by atoms with E-state index in [0.29, 0.717) is 12.1 Å². The van der Waals surface area contributed by atoms with Gasteiger partial charge in [0.15, 0.2) is 5.82 Å². The lowest BCUT2D eigenvalue weighted by molar-refractivity contribution is 0.179. The van der Waals surface area contributed by atoms with Crippen LogP contribution in [0.1, 0.15) is 20.3 Å². The Bertz CT molecular complexity index is 554. The summed E-state index contributed by atoms with van der Waals surface area (Å²) in [5, 5.41) is 0. The van der Waals surface area contributed by atoms with Gasteiger partial charge in [-0.15, -0.1) is 0 Å². The van der Waals surface area contributed by atoms with Crippen molar-refractivity contribution < 1.29 is 0 Å². The predicted octanol–water partition coefficient (Wildman–Crippen LogP) is 1.64. The third-order valence-electron chi connectivity index (χ3n) is 5.47. The van der Waals surface area contributed by atoms with Gasteiger partial charge < -0.3 is 14.7 Å². The molecule has 5 heteroatoms. The summed E-state index contributed by atoms with van der Waals surface area (Å²) in [4.78, 5) is 14.8. The molecular weight excluding hydrogens is 274 g/mol. The van der Waals surface area contributed by atoms with E-state index >= 15 is 0 Å². The molecule has 4 rings (SSSR count).